The summed E-state index contributed by atoms with van der Waals surface area (Å²) < 4.78 is 5.35. The first kappa shape index (κ1) is 16.9. The molecule has 1 aromatic rings. The minimum Gasteiger partial charge on any atom is -0.481 e. The lowest BCUT2D eigenvalue weighted by Gasteiger charge is -2.27. The fourth-order valence-corrected chi connectivity index (χ4v) is 1.69. The van der Waals surface area contributed by atoms with Crippen LogP contribution in [-0.2, 0) is 16.1 Å². The Labute approximate surface area is 124 Å². The molecule has 0 aliphatic heterocycles. The lowest BCUT2D eigenvalue weighted by atomic mass is 10.2. The number of pyridine rings is 1. The number of amides is 1. The number of aliphatic carboxylic acids is 1. The number of aromatic nitrogens is 1. The molecule has 0 radical (unpaired) electrons. The van der Waals surface area contributed by atoms with Crippen molar-refractivity contribution >= 4 is 12.1 Å². The number of carboxylic acid groups (broad SMARTS) is 1. The Kier molecular flexibility index (Phi) is 6.14. The molecule has 1 rings (SSSR count). The molecule has 116 valence electrons. The minimum absolute atomic E-state index is 0.0235. The number of ether oxygens (including phenoxy) is 1. The van der Waals surface area contributed by atoms with Crippen LogP contribution >= 0.6 is 0 Å². The molecular weight excluding hydrogens is 272 g/mol. The number of hydrogen-bond acceptors (Lipinski definition) is 4. The second-order valence-corrected chi connectivity index (χ2v) is 5.75. The molecule has 0 bridgehead atoms. The SMILES string of the molecule is CC(C)(C)OC(=O)N(CCCC(=O)O)Cc1ccncc1. The number of nitrogens with zero attached hydrogens (tertiary/aromatic N) is 2. The molecule has 1 aromatic heterocycles. The highest BCUT2D eigenvalue weighted by Crippen LogP contribution is 2.13. The quantitative estimate of drug-likeness (QED) is 0.872. The molecule has 0 aliphatic rings. The van der Waals surface area contributed by atoms with Gasteiger partial charge in [-0.2, -0.15) is 0 Å². The van der Waals surface area contributed by atoms with Crippen LogP contribution in [0.1, 0.15) is 39.2 Å². The van der Waals surface area contributed by atoms with Gasteiger partial charge in [-0.05, 0) is 44.9 Å². The minimum atomic E-state index is -0.872. The Balaban J connectivity index is 2.69. The second kappa shape index (κ2) is 7.61. The summed E-state index contributed by atoms with van der Waals surface area (Å²) in [5.74, 6) is -0.872. The maximum absolute atomic E-state index is 12.2. The topological polar surface area (TPSA) is 79.7 Å². The van der Waals surface area contributed by atoms with Crippen molar-refractivity contribution in [1.29, 1.82) is 0 Å². The molecule has 1 N–H and O–H groups in total. The first-order valence-electron chi connectivity index (χ1n) is 6.86. The van der Waals surface area contributed by atoms with Gasteiger partial charge in [0, 0.05) is 31.9 Å². The van der Waals surface area contributed by atoms with Gasteiger partial charge < -0.3 is 14.7 Å². The highest BCUT2D eigenvalue weighted by Gasteiger charge is 2.22. The van der Waals surface area contributed by atoms with Crippen molar-refractivity contribution in [1.82, 2.24) is 9.88 Å². The van der Waals surface area contributed by atoms with Gasteiger partial charge in [0.05, 0.1) is 0 Å². The third kappa shape index (κ3) is 7.29. The molecule has 0 unspecified atom stereocenters. The summed E-state index contributed by atoms with van der Waals surface area (Å²) in [6, 6.07) is 3.63. The molecule has 1 heterocycles. The molecule has 0 aliphatic carbocycles. The van der Waals surface area contributed by atoms with Gasteiger partial charge in [0.15, 0.2) is 0 Å². The molecular formula is C15H22N2O4. The molecule has 1 amide bonds. The van der Waals surface area contributed by atoms with Gasteiger partial charge in [0.25, 0.3) is 0 Å². The molecule has 0 atom stereocenters. The maximum Gasteiger partial charge on any atom is 0.410 e. The smallest absolute Gasteiger partial charge is 0.410 e. The fraction of sp³-hybridized carbons (Fsp3) is 0.533. The van der Waals surface area contributed by atoms with E-state index in [4.69, 9.17) is 9.84 Å². The van der Waals surface area contributed by atoms with E-state index in [1.807, 2.05) is 12.1 Å². The molecule has 0 saturated carbocycles. The standard InChI is InChI=1S/C15H22N2O4/c1-15(2,3)21-14(20)17(10-4-5-13(18)19)11-12-6-8-16-9-7-12/h6-9H,4-5,10-11H2,1-3H3,(H,18,19). The Hall–Kier alpha value is -2.11. The van der Waals surface area contributed by atoms with Crippen molar-refractivity contribution in [3.05, 3.63) is 30.1 Å². The molecule has 0 aromatic carbocycles. The number of carbonyl (C=O) groups excluding carboxylic acids is 1. The van der Waals surface area contributed by atoms with Gasteiger partial charge in [0.1, 0.15) is 5.60 Å². The van der Waals surface area contributed by atoms with E-state index in [0.717, 1.165) is 5.56 Å². The second-order valence-electron chi connectivity index (χ2n) is 5.75. The molecule has 21 heavy (non-hydrogen) atoms. The number of hydrogen-bond donors (Lipinski definition) is 1. The van der Waals surface area contributed by atoms with Gasteiger partial charge in [-0.25, -0.2) is 4.79 Å². The van der Waals surface area contributed by atoms with Gasteiger partial charge in [-0.15, -0.1) is 0 Å². The maximum atomic E-state index is 12.2. The summed E-state index contributed by atoms with van der Waals surface area (Å²) in [5, 5.41) is 8.70. The largest absolute Gasteiger partial charge is 0.481 e. The summed E-state index contributed by atoms with van der Waals surface area (Å²) >= 11 is 0. The van der Waals surface area contributed by atoms with Crippen LogP contribution in [-0.4, -0.2) is 39.2 Å². The fourth-order valence-electron chi connectivity index (χ4n) is 1.69. The van der Waals surface area contributed by atoms with Crippen LogP contribution in [0.4, 0.5) is 4.79 Å². The van der Waals surface area contributed by atoms with Crippen LogP contribution < -0.4 is 0 Å². The predicted molar refractivity (Wildman–Crippen MR) is 77.8 cm³/mol. The van der Waals surface area contributed by atoms with Crippen LogP contribution in [0.25, 0.3) is 0 Å². The van der Waals surface area contributed by atoms with Crippen LogP contribution in [0.5, 0.6) is 0 Å². The Morgan fingerprint density at radius 1 is 1.29 bits per heavy atom. The molecule has 6 heteroatoms. The van der Waals surface area contributed by atoms with E-state index in [9.17, 15) is 9.59 Å². The number of rotatable bonds is 6. The van der Waals surface area contributed by atoms with Gasteiger partial charge >= 0.3 is 12.1 Å². The van der Waals surface area contributed by atoms with Crippen molar-refractivity contribution in [3.8, 4) is 0 Å². The Bertz CT molecular complexity index is 468. The highest BCUT2D eigenvalue weighted by atomic mass is 16.6. The van der Waals surface area contributed by atoms with Crippen LogP contribution in [0.15, 0.2) is 24.5 Å². The third-order valence-corrected chi connectivity index (χ3v) is 2.59. The highest BCUT2D eigenvalue weighted by molar-refractivity contribution is 5.69. The Morgan fingerprint density at radius 2 is 1.90 bits per heavy atom. The van der Waals surface area contributed by atoms with Crippen molar-refractivity contribution in [2.45, 2.75) is 45.8 Å². The van der Waals surface area contributed by atoms with E-state index in [1.54, 1.807) is 33.2 Å². The molecule has 0 spiro atoms. The third-order valence-electron chi connectivity index (χ3n) is 2.59. The van der Waals surface area contributed by atoms with Gasteiger partial charge in [-0.3, -0.25) is 9.78 Å². The predicted octanol–water partition coefficient (Wildman–Crippen LogP) is 2.68. The summed E-state index contributed by atoms with van der Waals surface area (Å²) in [6.45, 7) is 6.10. The Morgan fingerprint density at radius 3 is 2.43 bits per heavy atom. The lowest BCUT2D eigenvalue weighted by molar-refractivity contribution is -0.137. The summed E-state index contributed by atoms with van der Waals surface area (Å²) in [6.07, 6.45) is 3.28. The summed E-state index contributed by atoms with van der Waals surface area (Å²) in [4.78, 5) is 28.2. The first-order chi connectivity index (χ1) is 9.78. The average molecular weight is 294 g/mol. The van der Waals surface area contributed by atoms with Crippen molar-refractivity contribution < 1.29 is 19.4 Å². The van der Waals surface area contributed by atoms with E-state index in [-0.39, 0.29) is 6.42 Å². The monoisotopic (exact) mass is 294 g/mol. The first-order valence-corrected chi connectivity index (χ1v) is 6.86. The molecule has 0 saturated heterocycles. The van der Waals surface area contributed by atoms with Crippen LogP contribution in [0, 0.1) is 0 Å². The summed E-state index contributed by atoms with van der Waals surface area (Å²) in [7, 11) is 0. The summed E-state index contributed by atoms with van der Waals surface area (Å²) in [5.41, 5.74) is 0.339. The van der Waals surface area contributed by atoms with Gasteiger partial charge in [-0.1, -0.05) is 0 Å². The zero-order chi connectivity index (χ0) is 15.9. The van der Waals surface area contributed by atoms with E-state index in [2.05, 4.69) is 4.98 Å². The van der Waals surface area contributed by atoms with Gasteiger partial charge in [0.2, 0.25) is 0 Å². The van der Waals surface area contributed by atoms with Crippen molar-refractivity contribution in [2.24, 2.45) is 0 Å². The zero-order valence-electron chi connectivity index (χ0n) is 12.7. The molecule has 0 fully saturated rings. The van der Waals surface area contributed by atoms with E-state index >= 15 is 0 Å². The zero-order valence-corrected chi connectivity index (χ0v) is 12.7. The number of carboxylic acids is 1. The average Bonchev–Trinajstić information content (AvgIpc) is 2.36. The van der Waals surface area contributed by atoms with E-state index in [0.29, 0.717) is 19.5 Å². The normalized spacial score (nSPS) is 11.0. The van der Waals surface area contributed by atoms with Crippen LogP contribution in [0.3, 0.4) is 0 Å². The van der Waals surface area contributed by atoms with Crippen molar-refractivity contribution in [3.63, 3.8) is 0 Å². The lowest BCUT2D eigenvalue weighted by Crippen LogP contribution is -2.37. The van der Waals surface area contributed by atoms with Crippen LogP contribution in [0.2, 0.25) is 0 Å². The van der Waals surface area contributed by atoms with E-state index in [1.165, 1.54) is 4.90 Å². The molecule has 6 nitrogen and oxygen atoms in total. The van der Waals surface area contributed by atoms with Crippen molar-refractivity contribution in [2.75, 3.05) is 6.54 Å². The van der Waals surface area contributed by atoms with E-state index < -0.39 is 17.7 Å². The number of carbonyl (C=O) groups is 2.